The first kappa shape index (κ1) is 24.6. The lowest BCUT2D eigenvalue weighted by molar-refractivity contribution is 0.102. The van der Waals surface area contributed by atoms with Gasteiger partial charge in [0.25, 0.3) is 11.5 Å². The highest BCUT2D eigenvalue weighted by molar-refractivity contribution is 6.09. The van der Waals surface area contributed by atoms with Gasteiger partial charge in [0, 0.05) is 38.3 Å². The summed E-state index contributed by atoms with van der Waals surface area (Å²) in [7, 11) is 1.95. The van der Waals surface area contributed by atoms with Crippen molar-refractivity contribution < 1.29 is 13.6 Å². The number of aromatic nitrogens is 4. The third kappa shape index (κ3) is 4.25. The van der Waals surface area contributed by atoms with Crippen molar-refractivity contribution in [2.24, 2.45) is 12.8 Å². The molecule has 1 unspecified atom stereocenters. The molecule has 0 aliphatic carbocycles. The van der Waals surface area contributed by atoms with E-state index in [2.05, 4.69) is 29.2 Å². The highest BCUT2D eigenvalue weighted by Crippen LogP contribution is 2.37. The summed E-state index contributed by atoms with van der Waals surface area (Å²) in [4.78, 5) is 33.4. The highest BCUT2D eigenvalue weighted by Gasteiger charge is 2.27. The van der Waals surface area contributed by atoms with E-state index in [0.717, 1.165) is 47.3 Å². The van der Waals surface area contributed by atoms with Gasteiger partial charge in [0.15, 0.2) is 11.6 Å². The number of amides is 1. The lowest BCUT2D eigenvalue weighted by atomic mass is 10.2. The van der Waals surface area contributed by atoms with E-state index in [1.165, 1.54) is 12.1 Å². The number of nitrogens with two attached hydrogens (primary N) is 1. The molecule has 11 heteroatoms. The van der Waals surface area contributed by atoms with Gasteiger partial charge in [-0.1, -0.05) is 19.9 Å². The van der Waals surface area contributed by atoms with Gasteiger partial charge in [-0.15, -0.1) is 0 Å². The Labute approximate surface area is 211 Å². The number of benzene rings is 2. The topological polar surface area (TPSA) is 111 Å². The molecule has 192 valence electrons. The van der Waals surface area contributed by atoms with Crippen LogP contribution in [-0.4, -0.2) is 44.4 Å². The van der Waals surface area contributed by atoms with Crippen LogP contribution in [0.1, 0.15) is 42.4 Å². The second kappa shape index (κ2) is 9.40. The predicted octanol–water partition coefficient (Wildman–Crippen LogP) is 3.31. The molecule has 1 amide bonds. The Morgan fingerprint density at radius 1 is 1.14 bits per heavy atom. The van der Waals surface area contributed by atoms with Crippen LogP contribution < -0.4 is 21.5 Å². The molecule has 9 nitrogen and oxygen atoms in total. The maximum Gasteiger partial charge on any atom is 0.284 e. The molecule has 1 aliphatic heterocycles. The number of rotatable bonds is 5. The number of hydrogen-bond donors (Lipinski definition) is 2. The zero-order valence-electron chi connectivity index (χ0n) is 20.7. The van der Waals surface area contributed by atoms with E-state index in [0.29, 0.717) is 23.5 Å². The van der Waals surface area contributed by atoms with Gasteiger partial charge in [0.2, 0.25) is 0 Å². The first-order chi connectivity index (χ1) is 17.7. The molecule has 1 atom stereocenters. The second-order valence-corrected chi connectivity index (χ2v) is 9.49. The highest BCUT2D eigenvalue weighted by atomic mass is 19.1. The lowest BCUT2D eigenvalue weighted by Gasteiger charge is -2.22. The van der Waals surface area contributed by atoms with Crippen LogP contribution in [0.25, 0.3) is 16.7 Å². The number of nitrogens with one attached hydrogen (secondary N) is 1. The zero-order chi connectivity index (χ0) is 26.4. The van der Waals surface area contributed by atoms with Gasteiger partial charge in [-0.3, -0.25) is 9.59 Å². The minimum absolute atomic E-state index is 0.0184. The predicted molar refractivity (Wildman–Crippen MR) is 137 cm³/mol. The van der Waals surface area contributed by atoms with Gasteiger partial charge in [-0.25, -0.2) is 13.8 Å². The molecule has 0 radical (unpaired) electrons. The van der Waals surface area contributed by atoms with Crippen molar-refractivity contribution in [1.82, 2.24) is 19.3 Å². The smallest absolute Gasteiger partial charge is 0.284 e. The summed E-state index contributed by atoms with van der Waals surface area (Å²) >= 11 is 0. The fraction of sp³-hybridized carbons (Fsp3) is 0.308. The van der Waals surface area contributed by atoms with Gasteiger partial charge in [-0.05, 0) is 36.8 Å². The Hall–Kier alpha value is -4.12. The number of anilines is 2. The van der Waals surface area contributed by atoms with Gasteiger partial charge in [0.1, 0.15) is 22.6 Å². The van der Waals surface area contributed by atoms with Crippen molar-refractivity contribution in [3.8, 4) is 5.69 Å². The summed E-state index contributed by atoms with van der Waals surface area (Å²) in [6, 6.07) is 8.04. The van der Waals surface area contributed by atoms with Gasteiger partial charge >= 0.3 is 0 Å². The van der Waals surface area contributed by atoms with Gasteiger partial charge in [-0.2, -0.15) is 9.78 Å². The standard InChI is InChI=1S/C26H27F2N7O2/c1-14(2)24-32-21-20(33(24)3)8-7-19(23(21)34-12-10-15(29)13-34)31-25(36)16-9-11-30-35(26(16)37)22-17(27)5-4-6-18(22)28/h4-9,11,14-15H,10,12-13,29H2,1-3H3,(H,31,36). The minimum atomic E-state index is -0.971. The molecule has 0 saturated carbocycles. The molecule has 5 rings (SSSR count). The van der Waals surface area contributed by atoms with Crippen LogP contribution in [0.4, 0.5) is 20.2 Å². The zero-order valence-corrected chi connectivity index (χ0v) is 20.7. The fourth-order valence-electron chi connectivity index (χ4n) is 4.82. The number of carbonyl (C=O) groups excluding carboxylic acids is 1. The monoisotopic (exact) mass is 507 g/mol. The van der Waals surface area contributed by atoms with E-state index in [1.807, 2.05) is 17.7 Å². The Balaban J connectivity index is 1.59. The van der Waals surface area contributed by atoms with E-state index in [4.69, 9.17) is 10.7 Å². The number of halogens is 2. The number of hydrogen-bond acceptors (Lipinski definition) is 6. The summed E-state index contributed by atoms with van der Waals surface area (Å²) < 4.78 is 31.2. The Kier molecular flexibility index (Phi) is 6.24. The van der Waals surface area contributed by atoms with Crippen LogP contribution in [0.3, 0.4) is 0 Å². The Morgan fingerprint density at radius 2 is 1.86 bits per heavy atom. The van der Waals surface area contributed by atoms with Gasteiger partial charge < -0.3 is 20.5 Å². The molecule has 37 heavy (non-hydrogen) atoms. The van der Waals surface area contributed by atoms with Crippen LogP contribution >= 0.6 is 0 Å². The first-order valence-corrected chi connectivity index (χ1v) is 12.0. The van der Waals surface area contributed by atoms with Crippen molar-refractivity contribution in [2.45, 2.75) is 32.2 Å². The van der Waals surface area contributed by atoms with Crippen LogP contribution in [0.5, 0.6) is 0 Å². The summed E-state index contributed by atoms with van der Waals surface area (Å²) in [5.74, 6) is -1.60. The fourth-order valence-corrected chi connectivity index (χ4v) is 4.82. The molecule has 3 N–H and O–H groups in total. The molecule has 0 spiro atoms. The Morgan fingerprint density at radius 3 is 2.51 bits per heavy atom. The molecule has 0 bridgehead atoms. The average Bonchev–Trinajstić information content (AvgIpc) is 3.43. The quantitative estimate of drug-likeness (QED) is 0.429. The molecule has 2 aromatic carbocycles. The number of para-hydroxylation sites is 1. The largest absolute Gasteiger partial charge is 0.366 e. The number of carbonyl (C=O) groups is 1. The van der Waals surface area contributed by atoms with Crippen LogP contribution in [0, 0.1) is 11.6 Å². The van der Waals surface area contributed by atoms with Crippen molar-refractivity contribution in [2.75, 3.05) is 23.3 Å². The number of imidazole rings is 1. The summed E-state index contributed by atoms with van der Waals surface area (Å²) in [6.07, 6.45) is 1.94. The van der Waals surface area contributed by atoms with Crippen LogP contribution in [0.15, 0.2) is 47.4 Å². The SMILES string of the molecule is CC(C)c1nc2c(N3CCC(N)C3)c(NC(=O)c3ccnn(-c4c(F)cccc4F)c3=O)ccc2n1C. The molecular weight excluding hydrogens is 480 g/mol. The maximum absolute atomic E-state index is 14.3. The molecule has 1 fully saturated rings. The van der Waals surface area contributed by atoms with Crippen molar-refractivity contribution >= 4 is 28.3 Å². The third-order valence-corrected chi connectivity index (χ3v) is 6.61. The van der Waals surface area contributed by atoms with E-state index >= 15 is 0 Å². The number of fused-ring (bicyclic) bond motifs is 1. The van der Waals surface area contributed by atoms with E-state index < -0.39 is 28.8 Å². The molecule has 1 saturated heterocycles. The van der Waals surface area contributed by atoms with Crippen LogP contribution in [-0.2, 0) is 7.05 Å². The third-order valence-electron chi connectivity index (χ3n) is 6.61. The first-order valence-electron chi connectivity index (χ1n) is 12.0. The minimum Gasteiger partial charge on any atom is -0.366 e. The molecular formula is C26H27F2N7O2. The van der Waals surface area contributed by atoms with Gasteiger partial charge in [0.05, 0.1) is 16.9 Å². The van der Waals surface area contributed by atoms with E-state index in [-0.39, 0.29) is 17.5 Å². The molecule has 1 aliphatic rings. The van der Waals surface area contributed by atoms with Crippen LogP contribution in [0.2, 0.25) is 0 Å². The van der Waals surface area contributed by atoms with E-state index in [1.54, 1.807) is 6.07 Å². The average molecular weight is 508 g/mol. The summed E-state index contributed by atoms with van der Waals surface area (Å²) in [5.41, 5.74) is 7.07. The van der Waals surface area contributed by atoms with Crippen molar-refractivity contribution in [1.29, 1.82) is 0 Å². The number of nitrogens with zero attached hydrogens (tertiary/aromatic N) is 5. The van der Waals surface area contributed by atoms with E-state index in [9.17, 15) is 18.4 Å². The maximum atomic E-state index is 14.3. The molecule has 4 aromatic rings. The summed E-state index contributed by atoms with van der Waals surface area (Å²) in [5, 5.41) is 6.61. The van der Waals surface area contributed by atoms with Crippen molar-refractivity contribution in [3.05, 3.63) is 76.0 Å². The van der Waals surface area contributed by atoms with Crippen molar-refractivity contribution in [3.63, 3.8) is 0 Å². The number of aryl methyl sites for hydroxylation is 1. The summed E-state index contributed by atoms with van der Waals surface area (Å²) in [6.45, 7) is 5.39. The molecule has 3 heterocycles. The lowest BCUT2D eigenvalue weighted by Crippen LogP contribution is -2.31. The second-order valence-electron chi connectivity index (χ2n) is 9.49. The molecule has 2 aromatic heterocycles. The Bertz CT molecular complexity index is 1560. The normalized spacial score (nSPS) is 15.6.